The van der Waals surface area contributed by atoms with Crippen molar-refractivity contribution in [1.82, 2.24) is 0 Å². The average Bonchev–Trinajstić information content (AvgIpc) is 2.06. The summed E-state index contributed by atoms with van der Waals surface area (Å²) in [5.41, 5.74) is 7.21. The molecule has 0 spiro atoms. The number of hydrogen-bond acceptors (Lipinski definition) is 2. The molecule has 0 saturated heterocycles. The first kappa shape index (κ1) is 11.4. The summed E-state index contributed by atoms with van der Waals surface area (Å²) in [7, 11) is -3.02. The number of aryl methyl sites for hydroxylation is 1. The second-order valence-electron chi connectivity index (χ2n) is 2.76. The number of hydrogen-bond donors (Lipinski definition) is 3. The van der Waals surface area contributed by atoms with Crippen LogP contribution in [0.2, 0.25) is 0 Å². The lowest BCUT2D eigenvalue weighted by molar-refractivity contribution is 0.450. The first-order valence-corrected chi connectivity index (χ1v) is 6.93. The minimum absolute atomic E-state index is 0.399. The van der Waals surface area contributed by atoms with Crippen LogP contribution in [0.4, 0.5) is 5.69 Å². The molecule has 0 aromatic heterocycles. The molecular weight excluding hydrogens is 222 g/mol. The van der Waals surface area contributed by atoms with Gasteiger partial charge in [0.25, 0.3) is 10.3 Å². The largest absolute Gasteiger partial charge is 0.430 e. The number of nitrogens with two attached hydrogens (primary N) is 1. The summed E-state index contributed by atoms with van der Waals surface area (Å²) < 4.78 is 27.6. The summed E-state index contributed by atoms with van der Waals surface area (Å²) in [6, 6.07) is 7.25. The molecule has 0 aliphatic carbocycles. The van der Waals surface area contributed by atoms with Gasteiger partial charge in [-0.2, -0.15) is 4.21 Å². The minimum atomic E-state index is -3.66. The zero-order valence-electron chi connectivity index (χ0n) is 7.42. The average molecular weight is 234 g/mol. The van der Waals surface area contributed by atoms with Crippen molar-refractivity contribution in [3.05, 3.63) is 29.8 Å². The maximum atomic E-state index is 10.5. The van der Waals surface area contributed by atoms with Crippen LogP contribution in [0, 0.1) is 0 Å². The van der Waals surface area contributed by atoms with Crippen molar-refractivity contribution in [2.45, 2.75) is 6.42 Å². The molecule has 6 heteroatoms. The Kier molecular flexibility index (Phi) is 3.82. The van der Waals surface area contributed by atoms with Gasteiger partial charge in [-0.3, -0.25) is 9.11 Å². The Hall–Kier alpha value is -0.690. The summed E-state index contributed by atoms with van der Waals surface area (Å²) in [4.78, 5) is 0. The van der Waals surface area contributed by atoms with Gasteiger partial charge in [0.05, 0.1) is 0 Å². The molecule has 0 radical (unpaired) electrons. The van der Waals surface area contributed by atoms with Crippen LogP contribution in [0.1, 0.15) is 5.56 Å². The fraction of sp³-hybridized carbons (Fsp3) is 0.250. The number of rotatable bonds is 3. The van der Waals surface area contributed by atoms with Gasteiger partial charge >= 0.3 is 9.05 Å². The number of nitrogen functional groups attached to an aromatic ring is 1. The van der Waals surface area contributed by atoms with E-state index in [1.54, 1.807) is 12.1 Å². The number of anilines is 1. The molecule has 0 fully saturated rings. The first-order chi connectivity index (χ1) is 6.47. The van der Waals surface area contributed by atoms with E-state index in [9.17, 15) is 4.21 Å². The molecule has 0 bridgehead atoms. The molecule has 14 heavy (non-hydrogen) atoms. The van der Waals surface area contributed by atoms with Crippen LogP contribution in [0.25, 0.3) is 0 Å². The molecule has 0 unspecified atom stereocenters. The second-order valence-corrected chi connectivity index (χ2v) is 6.31. The van der Waals surface area contributed by atoms with Gasteiger partial charge < -0.3 is 5.73 Å². The predicted octanol–water partition coefficient (Wildman–Crippen LogP) is 1.04. The van der Waals surface area contributed by atoms with E-state index in [1.807, 2.05) is 12.1 Å². The summed E-state index contributed by atoms with van der Waals surface area (Å²) in [6.07, 6.45) is 0.628. The lowest BCUT2D eigenvalue weighted by atomic mass is 10.2. The van der Waals surface area contributed by atoms with Crippen LogP contribution >= 0.6 is 0 Å². The van der Waals surface area contributed by atoms with Crippen LogP contribution in [0.5, 0.6) is 0 Å². The topological polar surface area (TPSA) is 83.6 Å². The van der Waals surface area contributed by atoms with Crippen molar-refractivity contribution in [2.24, 2.45) is 0 Å². The van der Waals surface area contributed by atoms with E-state index in [-0.39, 0.29) is 0 Å². The Morgan fingerprint density at radius 2 is 1.86 bits per heavy atom. The Morgan fingerprint density at radius 1 is 1.29 bits per heavy atom. The summed E-state index contributed by atoms with van der Waals surface area (Å²) >= 11 is 0. The molecule has 0 aliphatic rings. The Bertz CT molecular complexity index is 399. The highest BCUT2D eigenvalue weighted by Gasteiger charge is 2.09. The van der Waals surface area contributed by atoms with Crippen molar-refractivity contribution in [3.63, 3.8) is 0 Å². The van der Waals surface area contributed by atoms with Gasteiger partial charge in [0, 0.05) is 12.1 Å². The van der Waals surface area contributed by atoms with Crippen LogP contribution in [-0.2, 0) is 25.8 Å². The van der Waals surface area contributed by atoms with Gasteiger partial charge in [0.15, 0.2) is 5.75 Å². The summed E-state index contributed by atoms with van der Waals surface area (Å²) in [5, 5.41) is 0. The third kappa shape index (κ3) is 4.52. The molecule has 0 heterocycles. The van der Waals surface area contributed by atoms with E-state index >= 15 is 0 Å². The van der Waals surface area contributed by atoms with Crippen LogP contribution in [-0.4, -0.2) is 19.1 Å². The van der Waals surface area contributed by atoms with Crippen LogP contribution < -0.4 is 5.73 Å². The monoisotopic (exact) mass is 234 g/mol. The third-order valence-electron chi connectivity index (χ3n) is 1.61. The van der Waals surface area contributed by atoms with Crippen LogP contribution in [0.15, 0.2) is 24.3 Å². The Morgan fingerprint density at radius 3 is 2.36 bits per heavy atom. The van der Waals surface area contributed by atoms with Crippen molar-refractivity contribution >= 4 is 25.1 Å². The smallest absolute Gasteiger partial charge is 0.399 e. The van der Waals surface area contributed by atoms with E-state index in [4.69, 9.17) is 14.8 Å². The van der Waals surface area contributed by atoms with E-state index in [0.29, 0.717) is 28.2 Å². The standard InChI is InChI=1S/C8H11NO3S2/c9-8-3-1-7(2-4-8)5-6-13-14(10,11)12/h1-4H,5-6,9H2,(H-,10,11,12)/p+1. The maximum Gasteiger partial charge on any atom is 0.430 e. The molecule has 1 rings (SSSR count). The van der Waals surface area contributed by atoms with Crippen molar-refractivity contribution in [2.75, 3.05) is 11.5 Å². The first-order valence-electron chi connectivity index (χ1n) is 3.95. The zero-order chi connectivity index (χ0) is 10.6. The van der Waals surface area contributed by atoms with Gasteiger partial charge in [-0.05, 0) is 17.7 Å². The highest BCUT2D eigenvalue weighted by atomic mass is 32.9. The molecule has 1 aromatic carbocycles. The Balaban J connectivity index is 2.55. The van der Waals surface area contributed by atoms with Gasteiger partial charge in [0.2, 0.25) is 0 Å². The summed E-state index contributed by atoms with van der Waals surface area (Å²) in [5.74, 6) is 0.399. The third-order valence-corrected chi connectivity index (χ3v) is 3.71. The van der Waals surface area contributed by atoms with E-state index < -0.39 is 9.05 Å². The van der Waals surface area contributed by atoms with Crippen molar-refractivity contribution in [1.29, 1.82) is 0 Å². The molecule has 4 N–H and O–H groups in total. The van der Waals surface area contributed by atoms with Gasteiger partial charge in [-0.1, -0.05) is 12.1 Å². The normalized spacial score (nSPS) is 11.3. The highest BCUT2D eigenvalue weighted by molar-refractivity contribution is 8.34. The van der Waals surface area contributed by atoms with E-state index in [1.165, 1.54) is 0 Å². The van der Waals surface area contributed by atoms with E-state index in [2.05, 4.69) is 0 Å². The van der Waals surface area contributed by atoms with Crippen molar-refractivity contribution < 1.29 is 13.3 Å². The lowest BCUT2D eigenvalue weighted by Gasteiger charge is -1.95. The van der Waals surface area contributed by atoms with Gasteiger partial charge in [0.1, 0.15) is 0 Å². The zero-order valence-corrected chi connectivity index (χ0v) is 9.05. The van der Waals surface area contributed by atoms with E-state index in [0.717, 1.165) is 5.56 Å². The highest BCUT2D eigenvalue weighted by Crippen LogP contribution is 2.05. The molecule has 4 nitrogen and oxygen atoms in total. The maximum absolute atomic E-state index is 10.5. The SMILES string of the molecule is Nc1ccc(CC[S+]=S(=O)(O)O)cc1. The quantitative estimate of drug-likeness (QED) is 0.539. The van der Waals surface area contributed by atoms with Crippen LogP contribution in [0.3, 0.4) is 0 Å². The predicted molar refractivity (Wildman–Crippen MR) is 60.2 cm³/mol. The fourth-order valence-corrected chi connectivity index (χ4v) is 2.39. The Labute approximate surface area is 86.4 Å². The van der Waals surface area contributed by atoms with Crippen molar-refractivity contribution in [3.8, 4) is 0 Å². The molecule has 78 valence electrons. The molecule has 0 aliphatic heterocycles. The molecule has 0 amide bonds. The lowest BCUT2D eigenvalue weighted by Crippen LogP contribution is -2.00. The summed E-state index contributed by atoms with van der Waals surface area (Å²) in [6.45, 7) is 0. The number of benzene rings is 1. The molecule has 1 aromatic rings. The second kappa shape index (κ2) is 4.70. The fourth-order valence-electron chi connectivity index (χ4n) is 0.952. The molecule has 0 atom stereocenters. The van der Waals surface area contributed by atoms with Gasteiger partial charge in [-0.25, -0.2) is 0 Å². The molecular formula is C8H12NO3S2+. The molecule has 0 saturated carbocycles. The van der Waals surface area contributed by atoms with Gasteiger partial charge in [-0.15, -0.1) is 0 Å². The minimum Gasteiger partial charge on any atom is -0.399 e.